The minimum absolute atomic E-state index is 0.497. The van der Waals surface area contributed by atoms with Crippen LogP contribution in [0.25, 0.3) is 11.4 Å². The zero-order valence-corrected chi connectivity index (χ0v) is 9.46. The van der Waals surface area contributed by atoms with Gasteiger partial charge in [-0.1, -0.05) is 13.8 Å². The second-order valence-corrected chi connectivity index (χ2v) is 4.17. The first kappa shape index (κ1) is 10.6. The molecule has 84 valence electrons. The highest BCUT2D eigenvalue weighted by Gasteiger charge is 2.08. The Morgan fingerprint density at radius 3 is 2.94 bits per heavy atom. The standard InChI is InChI=1S/C11H15N5/c1-8(2)6-16-7-14-15-11(16)9-3-4-13-10(12)5-9/h3-5,7-8H,6H2,1-2H3,(H2,12,13). The van der Waals surface area contributed by atoms with E-state index in [4.69, 9.17) is 5.73 Å². The van der Waals surface area contributed by atoms with E-state index in [1.165, 1.54) is 0 Å². The van der Waals surface area contributed by atoms with Gasteiger partial charge in [0.1, 0.15) is 12.1 Å². The fraction of sp³-hybridized carbons (Fsp3) is 0.364. The minimum atomic E-state index is 0.497. The third kappa shape index (κ3) is 2.18. The van der Waals surface area contributed by atoms with E-state index in [-0.39, 0.29) is 0 Å². The third-order valence-electron chi connectivity index (χ3n) is 2.22. The highest BCUT2D eigenvalue weighted by Crippen LogP contribution is 2.18. The SMILES string of the molecule is CC(C)Cn1cnnc1-c1ccnc(N)c1. The molecule has 0 bridgehead atoms. The van der Waals surface area contributed by atoms with Gasteiger partial charge in [0.25, 0.3) is 0 Å². The number of rotatable bonds is 3. The van der Waals surface area contributed by atoms with Gasteiger partial charge in [-0.05, 0) is 18.1 Å². The monoisotopic (exact) mass is 217 g/mol. The number of nitrogen functional groups attached to an aromatic ring is 1. The summed E-state index contributed by atoms with van der Waals surface area (Å²) >= 11 is 0. The summed E-state index contributed by atoms with van der Waals surface area (Å²) in [6.07, 6.45) is 3.42. The van der Waals surface area contributed by atoms with Gasteiger partial charge in [-0.25, -0.2) is 4.98 Å². The normalized spacial score (nSPS) is 10.9. The number of hydrogen-bond donors (Lipinski definition) is 1. The summed E-state index contributed by atoms with van der Waals surface area (Å²) in [4.78, 5) is 3.96. The van der Waals surface area contributed by atoms with Crippen molar-refractivity contribution in [3.63, 3.8) is 0 Å². The van der Waals surface area contributed by atoms with Crippen molar-refractivity contribution < 1.29 is 0 Å². The van der Waals surface area contributed by atoms with Crippen molar-refractivity contribution in [2.75, 3.05) is 5.73 Å². The Morgan fingerprint density at radius 1 is 1.44 bits per heavy atom. The van der Waals surface area contributed by atoms with Crippen LogP contribution in [0.5, 0.6) is 0 Å². The molecule has 0 fully saturated rings. The largest absolute Gasteiger partial charge is 0.384 e. The molecule has 0 saturated heterocycles. The molecule has 5 heteroatoms. The number of aromatic nitrogens is 4. The van der Waals surface area contributed by atoms with Crippen molar-refractivity contribution in [1.82, 2.24) is 19.7 Å². The number of pyridine rings is 1. The molecule has 0 aliphatic heterocycles. The van der Waals surface area contributed by atoms with Crippen molar-refractivity contribution in [2.45, 2.75) is 20.4 Å². The van der Waals surface area contributed by atoms with Crippen LogP contribution < -0.4 is 5.73 Å². The first-order chi connectivity index (χ1) is 7.66. The first-order valence-corrected chi connectivity index (χ1v) is 5.26. The van der Waals surface area contributed by atoms with Gasteiger partial charge in [-0.3, -0.25) is 0 Å². The van der Waals surface area contributed by atoms with Crippen molar-refractivity contribution in [3.8, 4) is 11.4 Å². The lowest BCUT2D eigenvalue weighted by molar-refractivity contribution is 0.525. The molecule has 2 heterocycles. The van der Waals surface area contributed by atoms with Crippen molar-refractivity contribution >= 4 is 5.82 Å². The molecule has 0 aliphatic rings. The molecule has 0 atom stereocenters. The Bertz CT molecular complexity index is 475. The molecule has 2 aromatic rings. The molecule has 16 heavy (non-hydrogen) atoms. The summed E-state index contributed by atoms with van der Waals surface area (Å²) in [6.45, 7) is 5.21. The Kier molecular flexibility index (Phi) is 2.85. The van der Waals surface area contributed by atoms with Crippen molar-refractivity contribution in [2.24, 2.45) is 5.92 Å². The van der Waals surface area contributed by atoms with Crippen LogP contribution in [0.3, 0.4) is 0 Å². The van der Waals surface area contributed by atoms with Crippen LogP contribution in [0.2, 0.25) is 0 Å². The number of hydrogen-bond acceptors (Lipinski definition) is 4. The molecule has 2 N–H and O–H groups in total. The van der Waals surface area contributed by atoms with E-state index in [9.17, 15) is 0 Å². The molecule has 5 nitrogen and oxygen atoms in total. The molecule has 2 aromatic heterocycles. The molecule has 0 amide bonds. The minimum Gasteiger partial charge on any atom is -0.384 e. The number of anilines is 1. The van der Waals surface area contributed by atoms with E-state index < -0.39 is 0 Å². The fourth-order valence-electron chi connectivity index (χ4n) is 1.59. The molecule has 0 aromatic carbocycles. The van der Waals surface area contributed by atoms with Gasteiger partial charge >= 0.3 is 0 Å². The van der Waals surface area contributed by atoms with Gasteiger partial charge in [0.2, 0.25) is 0 Å². The van der Waals surface area contributed by atoms with Crippen molar-refractivity contribution in [1.29, 1.82) is 0 Å². The second-order valence-electron chi connectivity index (χ2n) is 4.17. The Morgan fingerprint density at radius 2 is 2.25 bits per heavy atom. The fourth-order valence-corrected chi connectivity index (χ4v) is 1.59. The van der Waals surface area contributed by atoms with E-state index in [1.54, 1.807) is 18.6 Å². The highest BCUT2D eigenvalue weighted by atomic mass is 15.3. The molecule has 0 spiro atoms. The average Bonchev–Trinajstić information content (AvgIpc) is 2.65. The predicted octanol–water partition coefficient (Wildman–Crippen LogP) is 1.58. The van der Waals surface area contributed by atoms with E-state index in [2.05, 4.69) is 29.0 Å². The van der Waals surface area contributed by atoms with Crippen LogP contribution in [0.15, 0.2) is 24.7 Å². The third-order valence-corrected chi connectivity index (χ3v) is 2.22. The molecule has 2 rings (SSSR count). The Labute approximate surface area is 94.3 Å². The maximum atomic E-state index is 5.65. The van der Waals surface area contributed by atoms with Gasteiger partial charge in [0, 0.05) is 18.3 Å². The average molecular weight is 217 g/mol. The molecule has 0 saturated carbocycles. The van der Waals surface area contributed by atoms with E-state index in [0.717, 1.165) is 17.9 Å². The summed E-state index contributed by atoms with van der Waals surface area (Å²) in [6, 6.07) is 3.69. The highest BCUT2D eigenvalue weighted by molar-refractivity contribution is 5.58. The van der Waals surface area contributed by atoms with Crippen LogP contribution >= 0.6 is 0 Å². The quantitative estimate of drug-likeness (QED) is 0.847. The lowest BCUT2D eigenvalue weighted by atomic mass is 10.2. The first-order valence-electron chi connectivity index (χ1n) is 5.26. The molecule has 0 radical (unpaired) electrons. The maximum absolute atomic E-state index is 5.65. The molecule has 0 unspecified atom stereocenters. The van der Waals surface area contributed by atoms with E-state index in [0.29, 0.717) is 11.7 Å². The van der Waals surface area contributed by atoms with Gasteiger partial charge in [0.05, 0.1) is 0 Å². The molecule has 0 aliphatic carbocycles. The molecular weight excluding hydrogens is 202 g/mol. The Balaban J connectivity index is 2.37. The van der Waals surface area contributed by atoms with Crippen LogP contribution in [0.4, 0.5) is 5.82 Å². The van der Waals surface area contributed by atoms with Gasteiger partial charge in [-0.2, -0.15) is 0 Å². The van der Waals surface area contributed by atoms with Crippen molar-refractivity contribution in [3.05, 3.63) is 24.7 Å². The summed E-state index contributed by atoms with van der Waals surface area (Å²) in [5.74, 6) is 1.88. The topological polar surface area (TPSA) is 69.6 Å². The second kappa shape index (κ2) is 4.30. The predicted molar refractivity (Wildman–Crippen MR) is 62.5 cm³/mol. The number of nitrogens with zero attached hydrogens (tertiary/aromatic N) is 4. The van der Waals surface area contributed by atoms with Crippen LogP contribution in [-0.4, -0.2) is 19.7 Å². The zero-order chi connectivity index (χ0) is 11.5. The van der Waals surface area contributed by atoms with Gasteiger partial charge in [-0.15, -0.1) is 10.2 Å². The zero-order valence-electron chi connectivity index (χ0n) is 9.46. The van der Waals surface area contributed by atoms with Crippen LogP contribution in [0.1, 0.15) is 13.8 Å². The summed E-state index contributed by atoms with van der Waals surface area (Å²) < 4.78 is 2.03. The van der Waals surface area contributed by atoms with Crippen LogP contribution in [0, 0.1) is 5.92 Å². The van der Waals surface area contributed by atoms with Gasteiger partial charge < -0.3 is 10.3 Å². The summed E-state index contributed by atoms with van der Waals surface area (Å²) in [7, 11) is 0. The van der Waals surface area contributed by atoms with E-state index in [1.807, 2.05) is 10.6 Å². The summed E-state index contributed by atoms with van der Waals surface area (Å²) in [5.41, 5.74) is 6.60. The smallest absolute Gasteiger partial charge is 0.163 e. The van der Waals surface area contributed by atoms with Gasteiger partial charge in [0.15, 0.2) is 5.82 Å². The maximum Gasteiger partial charge on any atom is 0.163 e. The van der Waals surface area contributed by atoms with E-state index >= 15 is 0 Å². The summed E-state index contributed by atoms with van der Waals surface area (Å²) in [5, 5.41) is 8.04. The van der Waals surface area contributed by atoms with Crippen LogP contribution in [-0.2, 0) is 6.54 Å². The lowest BCUT2D eigenvalue weighted by Gasteiger charge is -2.08. The lowest BCUT2D eigenvalue weighted by Crippen LogP contribution is -2.05. The number of nitrogens with two attached hydrogens (primary N) is 1. The molecular formula is C11H15N5. The Hall–Kier alpha value is -1.91.